The lowest BCUT2D eigenvalue weighted by Crippen LogP contribution is -2.22. The zero-order valence-corrected chi connectivity index (χ0v) is 20.9. The molecule has 3 rings (SSSR count). The molecule has 3 aromatic rings. The Balaban J connectivity index is 1.55. The summed E-state index contributed by atoms with van der Waals surface area (Å²) in [4.78, 5) is 24.8. The van der Waals surface area contributed by atoms with Crippen molar-refractivity contribution in [3.05, 3.63) is 59.2 Å². The van der Waals surface area contributed by atoms with E-state index in [4.69, 9.17) is 0 Å². The summed E-state index contributed by atoms with van der Waals surface area (Å²) in [5, 5.41) is 13.7. The SMILES string of the molecule is Cc1cc(C)cc(NC(=O)CSc2nnc(NC(=O)c3ccc(S(=O)(=O)N(C)C)cc3)s2)c1. The zero-order valence-electron chi connectivity index (χ0n) is 18.4. The fourth-order valence-electron chi connectivity index (χ4n) is 2.85. The van der Waals surface area contributed by atoms with Crippen LogP contribution in [0.1, 0.15) is 21.5 Å². The third-order valence-corrected chi connectivity index (χ3v) is 8.16. The van der Waals surface area contributed by atoms with Crippen LogP contribution in [0.3, 0.4) is 0 Å². The molecule has 0 aliphatic rings. The summed E-state index contributed by atoms with van der Waals surface area (Å²) < 4.78 is 25.9. The predicted octanol–water partition coefficient (Wildman–Crippen LogP) is 3.39. The molecule has 2 amide bonds. The van der Waals surface area contributed by atoms with Crippen molar-refractivity contribution in [3.8, 4) is 0 Å². The fraction of sp³-hybridized carbons (Fsp3) is 0.238. The maximum Gasteiger partial charge on any atom is 0.257 e. The Hall–Kier alpha value is -2.80. The normalized spacial score (nSPS) is 11.4. The highest BCUT2D eigenvalue weighted by atomic mass is 32.2. The van der Waals surface area contributed by atoms with Gasteiger partial charge in [0.15, 0.2) is 4.34 Å². The molecule has 0 saturated carbocycles. The number of thioether (sulfide) groups is 1. The number of rotatable bonds is 8. The fourth-order valence-corrected chi connectivity index (χ4v) is 5.30. The van der Waals surface area contributed by atoms with E-state index in [9.17, 15) is 18.0 Å². The second kappa shape index (κ2) is 10.4. The van der Waals surface area contributed by atoms with Gasteiger partial charge in [-0.05, 0) is 61.4 Å². The molecule has 0 fully saturated rings. The van der Waals surface area contributed by atoms with Crippen LogP contribution in [0.5, 0.6) is 0 Å². The van der Waals surface area contributed by atoms with Crippen molar-refractivity contribution >= 4 is 55.8 Å². The van der Waals surface area contributed by atoms with Gasteiger partial charge in [0.25, 0.3) is 5.91 Å². The van der Waals surface area contributed by atoms with E-state index in [1.807, 2.05) is 32.0 Å². The number of carbonyl (C=O) groups excluding carboxylic acids is 2. The summed E-state index contributed by atoms with van der Waals surface area (Å²) in [7, 11) is -0.689. The lowest BCUT2D eigenvalue weighted by molar-refractivity contribution is -0.113. The molecule has 0 aliphatic carbocycles. The van der Waals surface area contributed by atoms with Crippen LogP contribution in [0.25, 0.3) is 0 Å². The minimum atomic E-state index is -3.57. The average molecular weight is 506 g/mol. The van der Waals surface area contributed by atoms with Crippen molar-refractivity contribution in [1.29, 1.82) is 0 Å². The Bertz CT molecular complexity index is 1250. The van der Waals surface area contributed by atoms with Crippen molar-refractivity contribution in [2.45, 2.75) is 23.1 Å². The molecule has 12 heteroatoms. The second-order valence-electron chi connectivity index (χ2n) is 7.35. The van der Waals surface area contributed by atoms with E-state index in [0.29, 0.717) is 4.34 Å². The molecule has 1 aromatic heterocycles. The molecule has 0 bridgehead atoms. The van der Waals surface area contributed by atoms with E-state index < -0.39 is 15.9 Å². The first-order valence-electron chi connectivity index (χ1n) is 9.73. The van der Waals surface area contributed by atoms with Gasteiger partial charge in [0, 0.05) is 25.3 Å². The molecule has 174 valence electrons. The van der Waals surface area contributed by atoms with E-state index in [1.165, 1.54) is 50.1 Å². The third kappa shape index (κ3) is 6.60. The lowest BCUT2D eigenvalue weighted by atomic mass is 10.1. The van der Waals surface area contributed by atoms with Crippen molar-refractivity contribution in [2.24, 2.45) is 0 Å². The van der Waals surface area contributed by atoms with Crippen LogP contribution in [0.4, 0.5) is 10.8 Å². The summed E-state index contributed by atoms with van der Waals surface area (Å²) in [5.41, 5.74) is 3.16. The first-order valence-corrected chi connectivity index (χ1v) is 13.0. The number of hydrogen-bond donors (Lipinski definition) is 2. The van der Waals surface area contributed by atoms with Gasteiger partial charge in [-0.15, -0.1) is 10.2 Å². The van der Waals surface area contributed by atoms with Crippen molar-refractivity contribution in [1.82, 2.24) is 14.5 Å². The maximum atomic E-state index is 12.4. The zero-order chi connectivity index (χ0) is 24.2. The standard InChI is InChI=1S/C21H23N5O4S3/c1-13-9-14(2)11-16(10-13)22-18(27)12-31-21-25-24-20(32-21)23-19(28)15-5-7-17(8-6-15)33(29,30)26(3)4/h5-11H,12H2,1-4H3,(H,22,27)(H,23,24,28). The lowest BCUT2D eigenvalue weighted by Gasteiger charge is -2.11. The second-order valence-corrected chi connectivity index (χ2v) is 11.7. The molecule has 1 heterocycles. The molecule has 0 spiro atoms. The van der Waals surface area contributed by atoms with E-state index >= 15 is 0 Å². The Morgan fingerprint density at radius 3 is 2.24 bits per heavy atom. The van der Waals surface area contributed by atoms with Gasteiger partial charge in [-0.25, -0.2) is 12.7 Å². The number of aryl methyl sites for hydroxylation is 2. The van der Waals surface area contributed by atoms with E-state index in [0.717, 1.165) is 32.5 Å². The van der Waals surface area contributed by atoms with E-state index in [-0.39, 0.29) is 27.3 Å². The van der Waals surface area contributed by atoms with Crippen molar-refractivity contribution in [3.63, 3.8) is 0 Å². The molecule has 2 aromatic carbocycles. The summed E-state index contributed by atoms with van der Waals surface area (Å²) in [5.74, 6) is -0.459. The maximum absolute atomic E-state index is 12.4. The monoisotopic (exact) mass is 505 g/mol. The van der Waals surface area contributed by atoms with Gasteiger partial charge in [-0.1, -0.05) is 29.2 Å². The minimum absolute atomic E-state index is 0.0951. The Labute approximate surface area is 200 Å². The van der Waals surface area contributed by atoms with Gasteiger partial charge in [-0.3, -0.25) is 14.9 Å². The Morgan fingerprint density at radius 2 is 1.64 bits per heavy atom. The third-order valence-electron chi connectivity index (χ3n) is 4.35. The number of nitrogens with one attached hydrogen (secondary N) is 2. The first-order chi connectivity index (χ1) is 15.5. The number of aromatic nitrogens is 2. The molecule has 2 N–H and O–H groups in total. The molecule has 0 saturated heterocycles. The summed E-state index contributed by atoms with van der Waals surface area (Å²) in [6.45, 7) is 3.93. The van der Waals surface area contributed by atoms with Gasteiger partial charge in [0.1, 0.15) is 0 Å². The van der Waals surface area contributed by atoms with Crippen LogP contribution < -0.4 is 10.6 Å². The van der Waals surface area contributed by atoms with Gasteiger partial charge in [0.05, 0.1) is 10.6 Å². The number of sulfonamides is 1. The van der Waals surface area contributed by atoms with Crippen molar-refractivity contribution < 1.29 is 18.0 Å². The molecule has 33 heavy (non-hydrogen) atoms. The Morgan fingerprint density at radius 1 is 1.00 bits per heavy atom. The summed E-state index contributed by atoms with van der Waals surface area (Å²) in [6.07, 6.45) is 0. The summed E-state index contributed by atoms with van der Waals surface area (Å²) in [6, 6.07) is 11.4. The van der Waals surface area contributed by atoms with Crippen LogP contribution >= 0.6 is 23.1 Å². The molecular formula is C21H23N5O4S3. The average Bonchev–Trinajstić information content (AvgIpc) is 3.18. The highest BCUT2D eigenvalue weighted by Crippen LogP contribution is 2.26. The van der Waals surface area contributed by atoms with Crippen LogP contribution in [0, 0.1) is 13.8 Å². The van der Waals surface area contributed by atoms with Crippen LogP contribution in [0.15, 0.2) is 51.7 Å². The molecule has 0 atom stereocenters. The first kappa shape index (κ1) is 24.8. The number of benzene rings is 2. The highest BCUT2D eigenvalue weighted by Gasteiger charge is 2.18. The molecule has 0 aliphatic heterocycles. The molecule has 9 nitrogen and oxygen atoms in total. The van der Waals surface area contributed by atoms with Gasteiger partial charge in [0.2, 0.25) is 21.1 Å². The quantitative estimate of drug-likeness (QED) is 0.355. The van der Waals surface area contributed by atoms with Crippen molar-refractivity contribution in [2.75, 3.05) is 30.5 Å². The van der Waals surface area contributed by atoms with E-state index in [1.54, 1.807) is 0 Å². The largest absolute Gasteiger partial charge is 0.325 e. The summed E-state index contributed by atoms with van der Waals surface area (Å²) >= 11 is 2.36. The molecule has 0 radical (unpaired) electrons. The van der Waals surface area contributed by atoms with Gasteiger partial charge in [-0.2, -0.15) is 0 Å². The van der Waals surface area contributed by atoms with Gasteiger partial charge < -0.3 is 5.32 Å². The topological polar surface area (TPSA) is 121 Å². The van der Waals surface area contributed by atoms with Crippen LogP contribution in [-0.2, 0) is 14.8 Å². The molecular weight excluding hydrogens is 482 g/mol. The minimum Gasteiger partial charge on any atom is -0.325 e. The number of amides is 2. The number of carbonyl (C=O) groups is 2. The van der Waals surface area contributed by atoms with E-state index in [2.05, 4.69) is 20.8 Å². The number of nitrogens with zero attached hydrogens (tertiary/aromatic N) is 3. The Kier molecular flexibility index (Phi) is 7.84. The predicted molar refractivity (Wildman–Crippen MR) is 130 cm³/mol. The van der Waals surface area contributed by atoms with Crippen LogP contribution in [0.2, 0.25) is 0 Å². The van der Waals surface area contributed by atoms with Gasteiger partial charge >= 0.3 is 0 Å². The number of anilines is 2. The molecule has 0 unspecified atom stereocenters. The van der Waals surface area contributed by atoms with Crippen LogP contribution in [-0.4, -0.2) is 54.6 Å². The number of hydrogen-bond acceptors (Lipinski definition) is 8. The smallest absolute Gasteiger partial charge is 0.257 e. The highest BCUT2D eigenvalue weighted by molar-refractivity contribution is 8.01.